The predicted octanol–water partition coefficient (Wildman–Crippen LogP) is 1.88. The molecule has 1 unspecified atom stereocenters. The summed E-state index contributed by atoms with van der Waals surface area (Å²) in [5, 5.41) is 19.8. The van der Waals surface area contributed by atoms with Gasteiger partial charge in [0.15, 0.2) is 0 Å². The zero-order valence-electron chi connectivity index (χ0n) is 11.4. The van der Waals surface area contributed by atoms with Crippen LogP contribution in [0.25, 0.3) is 0 Å². The Bertz CT molecular complexity index is 380. The fourth-order valence-corrected chi connectivity index (χ4v) is 4.61. The monoisotopic (exact) mass is 252 g/mol. The van der Waals surface area contributed by atoms with Crippen LogP contribution >= 0.6 is 0 Å². The molecule has 0 radical (unpaired) electrons. The summed E-state index contributed by atoms with van der Waals surface area (Å²) >= 11 is 0. The molecule has 3 nitrogen and oxygen atoms in total. The molecule has 2 aliphatic carbocycles. The van der Waals surface area contributed by atoms with E-state index >= 15 is 0 Å². The van der Waals surface area contributed by atoms with Crippen LogP contribution < -0.4 is 0 Å². The number of epoxide rings is 1. The van der Waals surface area contributed by atoms with Crippen LogP contribution in [0.2, 0.25) is 0 Å². The molecule has 1 saturated heterocycles. The third-order valence-electron chi connectivity index (χ3n) is 6.09. The third-order valence-corrected chi connectivity index (χ3v) is 6.09. The highest BCUT2D eigenvalue weighted by atomic mass is 16.6. The molecule has 0 spiro atoms. The minimum atomic E-state index is -0.647. The van der Waals surface area contributed by atoms with Gasteiger partial charge < -0.3 is 14.9 Å². The number of hydrogen-bond donors (Lipinski definition) is 2. The number of aliphatic hydroxyl groups excluding tert-OH is 2. The molecule has 3 fully saturated rings. The minimum Gasteiger partial charge on any atom is -0.392 e. The van der Waals surface area contributed by atoms with Crippen molar-refractivity contribution in [3.05, 3.63) is 12.2 Å². The van der Waals surface area contributed by atoms with E-state index in [1.165, 1.54) is 19.3 Å². The van der Waals surface area contributed by atoms with Gasteiger partial charge in [-0.1, -0.05) is 33.3 Å². The molecule has 0 aromatic carbocycles. The first-order valence-corrected chi connectivity index (χ1v) is 7.13. The zero-order chi connectivity index (χ0) is 13.1. The van der Waals surface area contributed by atoms with Crippen molar-refractivity contribution in [2.45, 2.75) is 57.3 Å². The normalized spacial score (nSPS) is 54.4. The van der Waals surface area contributed by atoms with Crippen LogP contribution in [-0.2, 0) is 4.74 Å². The van der Waals surface area contributed by atoms with Crippen LogP contribution in [0.3, 0.4) is 0 Å². The van der Waals surface area contributed by atoms with Crippen LogP contribution in [0.1, 0.15) is 39.5 Å². The topological polar surface area (TPSA) is 53.0 Å². The summed E-state index contributed by atoms with van der Waals surface area (Å²) in [6.07, 6.45) is 4.04. The first-order valence-electron chi connectivity index (χ1n) is 7.13. The summed E-state index contributed by atoms with van der Waals surface area (Å²) in [4.78, 5) is 0. The number of ether oxygens (including phenoxy) is 1. The van der Waals surface area contributed by atoms with Crippen LogP contribution in [0.15, 0.2) is 12.2 Å². The SMILES string of the molecule is C=C(CO)C12O[C@H]1[C@@]1(C)[C@H](CCC[C@@H]1C)C[C@@H]2O. The van der Waals surface area contributed by atoms with E-state index in [1.54, 1.807) is 0 Å². The van der Waals surface area contributed by atoms with Gasteiger partial charge in [-0.15, -0.1) is 0 Å². The van der Waals surface area contributed by atoms with Crippen molar-refractivity contribution in [2.24, 2.45) is 17.3 Å². The summed E-state index contributed by atoms with van der Waals surface area (Å²) in [6.45, 7) is 8.44. The van der Waals surface area contributed by atoms with Gasteiger partial charge in [-0.05, 0) is 30.3 Å². The summed E-state index contributed by atoms with van der Waals surface area (Å²) in [5.74, 6) is 1.16. The van der Waals surface area contributed by atoms with Gasteiger partial charge in [0.2, 0.25) is 0 Å². The molecule has 1 aliphatic heterocycles. The summed E-state index contributed by atoms with van der Waals surface area (Å²) in [7, 11) is 0. The van der Waals surface area contributed by atoms with Crippen LogP contribution in [0.5, 0.6) is 0 Å². The van der Waals surface area contributed by atoms with Gasteiger partial charge in [0.05, 0.1) is 12.7 Å². The van der Waals surface area contributed by atoms with Gasteiger partial charge in [-0.3, -0.25) is 0 Å². The molecule has 2 N–H and O–H groups in total. The Balaban J connectivity index is 1.95. The van der Waals surface area contributed by atoms with Gasteiger partial charge in [0, 0.05) is 5.41 Å². The molecule has 2 saturated carbocycles. The molecule has 18 heavy (non-hydrogen) atoms. The Kier molecular flexibility index (Phi) is 2.68. The van der Waals surface area contributed by atoms with E-state index in [0.29, 0.717) is 17.4 Å². The first kappa shape index (κ1) is 12.6. The van der Waals surface area contributed by atoms with Gasteiger partial charge in [0.1, 0.15) is 11.7 Å². The number of hydrogen-bond acceptors (Lipinski definition) is 3. The van der Waals surface area contributed by atoms with Crippen LogP contribution in [-0.4, -0.2) is 34.6 Å². The Morgan fingerprint density at radius 2 is 2.17 bits per heavy atom. The molecule has 0 aromatic heterocycles. The molecule has 3 rings (SSSR count). The third kappa shape index (κ3) is 1.30. The van der Waals surface area contributed by atoms with E-state index in [-0.39, 0.29) is 18.1 Å². The quantitative estimate of drug-likeness (QED) is 0.583. The standard InChI is InChI=1S/C15H24O3/c1-9-5-4-6-11-7-12(17)15(10(2)8-16)13(18-15)14(9,11)3/h9,11-13,16-17H,2,4-8H2,1,3H3/t9-,11+,12-,13-,14+,15?/m0/s1. The Morgan fingerprint density at radius 1 is 1.44 bits per heavy atom. The maximum atomic E-state index is 10.4. The van der Waals surface area contributed by atoms with E-state index in [4.69, 9.17) is 4.74 Å². The lowest BCUT2D eigenvalue weighted by molar-refractivity contribution is -0.0325. The van der Waals surface area contributed by atoms with E-state index in [9.17, 15) is 10.2 Å². The van der Waals surface area contributed by atoms with E-state index < -0.39 is 11.7 Å². The summed E-state index contributed by atoms with van der Waals surface area (Å²) in [5.41, 5.74) is 0.138. The maximum absolute atomic E-state index is 10.4. The van der Waals surface area contributed by atoms with Crippen LogP contribution in [0.4, 0.5) is 0 Å². The first-order chi connectivity index (χ1) is 8.47. The number of aliphatic hydroxyl groups is 2. The van der Waals surface area contributed by atoms with E-state index in [1.807, 2.05) is 0 Å². The van der Waals surface area contributed by atoms with Crippen molar-refractivity contribution < 1.29 is 14.9 Å². The van der Waals surface area contributed by atoms with Crippen molar-refractivity contribution >= 4 is 0 Å². The van der Waals surface area contributed by atoms with Crippen molar-refractivity contribution in [2.75, 3.05) is 6.61 Å². The van der Waals surface area contributed by atoms with Crippen molar-refractivity contribution in [3.63, 3.8) is 0 Å². The Hall–Kier alpha value is -0.380. The zero-order valence-corrected chi connectivity index (χ0v) is 11.4. The average Bonchev–Trinajstić information content (AvgIpc) is 3.11. The molecule has 102 valence electrons. The van der Waals surface area contributed by atoms with E-state index in [2.05, 4.69) is 20.4 Å². The van der Waals surface area contributed by atoms with Gasteiger partial charge >= 0.3 is 0 Å². The second-order valence-corrected chi connectivity index (χ2v) is 6.70. The molecule has 1 heterocycles. The van der Waals surface area contributed by atoms with Crippen molar-refractivity contribution in [1.82, 2.24) is 0 Å². The van der Waals surface area contributed by atoms with E-state index in [0.717, 1.165) is 6.42 Å². The van der Waals surface area contributed by atoms with Crippen LogP contribution in [0, 0.1) is 17.3 Å². The fourth-order valence-electron chi connectivity index (χ4n) is 4.61. The minimum absolute atomic E-state index is 0.0497. The lowest BCUT2D eigenvalue weighted by Crippen LogP contribution is -2.54. The molecule has 6 atom stereocenters. The highest BCUT2D eigenvalue weighted by molar-refractivity contribution is 5.34. The number of fused-ring (bicyclic) bond motifs is 3. The Labute approximate surface area is 109 Å². The van der Waals surface area contributed by atoms with Gasteiger partial charge in [0.25, 0.3) is 0 Å². The largest absolute Gasteiger partial charge is 0.392 e. The second kappa shape index (κ2) is 3.81. The summed E-state index contributed by atoms with van der Waals surface area (Å²) in [6, 6.07) is 0. The fraction of sp³-hybridized carbons (Fsp3) is 0.867. The molecule has 3 heteroatoms. The lowest BCUT2D eigenvalue weighted by atomic mass is 9.53. The highest BCUT2D eigenvalue weighted by Gasteiger charge is 2.74. The maximum Gasteiger partial charge on any atom is 0.144 e. The Morgan fingerprint density at radius 3 is 2.83 bits per heavy atom. The summed E-state index contributed by atoms with van der Waals surface area (Å²) < 4.78 is 5.96. The molecule has 0 bridgehead atoms. The molecular weight excluding hydrogens is 228 g/mol. The smallest absolute Gasteiger partial charge is 0.144 e. The molecule has 0 aromatic rings. The highest BCUT2D eigenvalue weighted by Crippen LogP contribution is 2.66. The van der Waals surface area contributed by atoms with Gasteiger partial charge in [-0.2, -0.15) is 0 Å². The second-order valence-electron chi connectivity index (χ2n) is 6.70. The van der Waals surface area contributed by atoms with Crippen molar-refractivity contribution in [3.8, 4) is 0 Å². The molecule has 0 amide bonds. The van der Waals surface area contributed by atoms with Crippen molar-refractivity contribution in [1.29, 1.82) is 0 Å². The molecular formula is C15H24O3. The molecule has 3 aliphatic rings. The number of rotatable bonds is 2. The van der Waals surface area contributed by atoms with Gasteiger partial charge in [-0.25, -0.2) is 0 Å². The lowest BCUT2D eigenvalue weighted by Gasteiger charge is -2.50. The predicted molar refractivity (Wildman–Crippen MR) is 69.1 cm³/mol. The average molecular weight is 252 g/mol.